The van der Waals surface area contributed by atoms with Crippen LogP contribution in [0.5, 0.6) is 0 Å². The van der Waals surface area contributed by atoms with Crippen LogP contribution in [0.2, 0.25) is 5.02 Å². The number of thioether (sulfide) groups is 1. The van der Waals surface area contributed by atoms with Crippen molar-refractivity contribution in [3.63, 3.8) is 0 Å². The first-order chi connectivity index (χ1) is 14.3. The van der Waals surface area contributed by atoms with Gasteiger partial charge in [-0.2, -0.15) is 13.2 Å². The monoisotopic (exact) mass is 451 g/mol. The lowest BCUT2D eigenvalue weighted by Gasteiger charge is -2.06. The summed E-state index contributed by atoms with van der Waals surface area (Å²) >= 11 is 7.26. The molecule has 3 aromatic rings. The van der Waals surface area contributed by atoms with E-state index in [1.807, 2.05) is 12.1 Å². The molecule has 0 bridgehead atoms. The second-order valence-electron chi connectivity index (χ2n) is 5.87. The standard InChI is InChI=1S/C20H13ClF3N3O2S/c21-16-7-1-13(2-8-16)12-30-19-25-10-9-17(27-19)11-26-29-18(28)14-3-5-15(6-4-14)20(22,23)24/h1-11H,12H2. The van der Waals surface area contributed by atoms with Gasteiger partial charge in [0.1, 0.15) is 0 Å². The number of hydrogen-bond acceptors (Lipinski definition) is 6. The summed E-state index contributed by atoms with van der Waals surface area (Å²) in [4.78, 5) is 25.0. The molecule has 0 saturated heterocycles. The Hall–Kier alpha value is -2.91. The van der Waals surface area contributed by atoms with Gasteiger partial charge in [0.05, 0.1) is 23.0 Å². The molecule has 0 unspecified atom stereocenters. The van der Waals surface area contributed by atoms with E-state index in [2.05, 4.69) is 15.1 Å². The molecular formula is C20H13ClF3N3O2S. The van der Waals surface area contributed by atoms with Gasteiger partial charge in [0, 0.05) is 17.0 Å². The number of carbonyl (C=O) groups excluding carboxylic acids is 1. The van der Waals surface area contributed by atoms with E-state index in [0.29, 0.717) is 21.6 Å². The normalized spacial score (nSPS) is 11.6. The van der Waals surface area contributed by atoms with Crippen molar-refractivity contribution in [1.29, 1.82) is 0 Å². The quantitative estimate of drug-likeness (QED) is 0.160. The molecule has 0 radical (unpaired) electrons. The van der Waals surface area contributed by atoms with Gasteiger partial charge in [0.25, 0.3) is 0 Å². The fourth-order valence-electron chi connectivity index (χ4n) is 2.20. The molecular weight excluding hydrogens is 439 g/mol. The van der Waals surface area contributed by atoms with Crippen molar-refractivity contribution in [3.05, 3.63) is 88.2 Å². The highest BCUT2D eigenvalue weighted by Crippen LogP contribution is 2.29. The molecule has 0 amide bonds. The summed E-state index contributed by atoms with van der Waals surface area (Å²) in [6.07, 6.45) is -1.72. The van der Waals surface area contributed by atoms with Crippen molar-refractivity contribution >= 4 is 35.5 Å². The predicted octanol–water partition coefficient (Wildman–Crippen LogP) is 5.63. The second-order valence-corrected chi connectivity index (χ2v) is 7.25. The minimum Gasteiger partial charge on any atom is -0.313 e. The number of oxime groups is 1. The van der Waals surface area contributed by atoms with Crippen molar-refractivity contribution in [2.75, 3.05) is 0 Å². The van der Waals surface area contributed by atoms with Gasteiger partial charge in [0.2, 0.25) is 0 Å². The van der Waals surface area contributed by atoms with Crippen molar-refractivity contribution < 1.29 is 22.8 Å². The summed E-state index contributed by atoms with van der Waals surface area (Å²) in [6, 6.07) is 12.6. The molecule has 0 N–H and O–H groups in total. The van der Waals surface area contributed by atoms with E-state index in [-0.39, 0.29) is 5.56 Å². The molecule has 0 spiro atoms. The highest BCUT2D eigenvalue weighted by molar-refractivity contribution is 7.98. The first-order valence-corrected chi connectivity index (χ1v) is 9.80. The predicted molar refractivity (Wildman–Crippen MR) is 107 cm³/mol. The number of rotatable bonds is 6. The first kappa shape index (κ1) is 21.8. The van der Waals surface area contributed by atoms with Gasteiger partial charge in [0.15, 0.2) is 5.16 Å². The van der Waals surface area contributed by atoms with E-state index in [1.165, 1.54) is 24.2 Å². The highest BCUT2D eigenvalue weighted by atomic mass is 35.5. The minimum atomic E-state index is -4.48. The SMILES string of the molecule is O=C(ON=Cc1ccnc(SCc2ccc(Cl)cc2)n1)c1ccc(C(F)(F)F)cc1. The van der Waals surface area contributed by atoms with Crippen LogP contribution in [0.1, 0.15) is 27.2 Å². The van der Waals surface area contributed by atoms with Crippen molar-refractivity contribution in [3.8, 4) is 0 Å². The number of carbonyl (C=O) groups is 1. The Morgan fingerprint density at radius 1 is 1.10 bits per heavy atom. The number of halogens is 4. The molecule has 1 aromatic heterocycles. The Balaban J connectivity index is 1.56. The van der Waals surface area contributed by atoms with Gasteiger partial charge < -0.3 is 4.84 Å². The highest BCUT2D eigenvalue weighted by Gasteiger charge is 2.30. The maximum absolute atomic E-state index is 12.6. The largest absolute Gasteiger partial charge is 0.416 e. The molecule has 3 rings (SSSR count). The zero-order valence-corrected chi connectivity index (χ0v) is 16.7. The van der Waals surface area contributed by atoms with Gasteiger partial charge >= 0.3 is 12.1 Å². The Labute approximate surface area is 178 Å². The fourth-order valence-corrected chi connectivity index (χ4v) is 3.12. The fraction of sp³-hybridized carbons (Fsp3) is 0.100. The van der Waals surface area contributed by atoms with Crippen LogP contribution in [0.4, 0.5) is 13.2 Å². The molecule has 154 valence electrons. The van der Waals surface area contributed by atoms with Gasteiger partial charge in [-0.25, -0.2) is 14.8 Å². The van der Waals surface area contributed by atoms with Crippen LogP contribution in [0.15, 0.2) is 71.1 Å². The first-order valence-electron chi connectivity index (χ1n) is 8.43. The van der Waals surface area contributed by atoms with Crippen LogP contribution in [0.25, 0.3) is 0 Å². The molecule has 0 atom stereocenters. The topological polar surface area (TPSA) is 64.4 Å². The van der Waals surface area contributed by atoms with Crippen molar-refractivity contribution in [2.45, 2.75) is 17.1 Å². The Morgan fingerprint density at radius 3 is 2.47 bits per heavy atom. The van der Waals surface area contributed by atoms with Crippen molar-refractivity contribution in [2.24, 2.45) is 5.16 Å². The molecule has 5 nitrogen and oxygen atoms in total. The molecule has 0 saturated carbocycles. The number of hydrogen-bond donors (Lipinski definition) is 0. The van der Waals surface area contributed by atoms with Gasteiger partial charge in [-0.05, 0) is 48.0 Å². The third kappa shape index (κ3) is 6.30. The zero-order chi connectivity index (χ0) is 21.6. The average molecular weight is 452 g/mol. The third-order valence-corrected chi connectivity index (χ3v) is 4.89. The minimum absolute atomic E-state index is 0.0537. The number of nitrogens with zero attached hydrogens (tertiary/aromatic N) is 3. The molecule has 0 fully saturated rings. The summed E-state index contributed by atoms with van der Waals surface area (Å²) in [5.74, 6) is -0.243. The average Bonchev–Trinajstić information content (AvgIpc) is 2.73. The molecule has 0 aliphatic carbocycles. The van der Waals surface area contributed by atoms with Gasteiger partial charge in [-0.3, -0.25) is 0 Å². The molecule has 1 heterocycles. The molecule has 30 heavy (non-hydrogen) atoms. The number of benzene rings is 2. The lowest BCUT2D eigenvalue weighted by Crippen LogP contribution is -2.06. The smallest absolute Gasteiger partial charge is 0.313 e. The Kier molecular flexibility index (Phi) is 7.07. The second kappa shape index (κ2) is 9.73. The van der Waals surface area contributed by atoms with E-state index in [4.69, 9.17) is 16.4 Å². The van der Waals surface area contributed by atoms with Gasteiger partial charge in [-0.1, -0.05) is 40.7 Å². The molecule has 10 heteroatoms. The maximum atomic E-state index is 12.6. The summed E-state index contributed by atoms with van der Waals surface area (Å²) in [6.45, 7) is 0. The zero-order valence-electron chi connectivity index (χ0n) is 15.1. The summed E-state index contributed by atoms with van der Waals surface area (Å²) < 4.78 is 37.7. The van der Waals surface area contributed by atoms with Crippen LogP contribution in [0.3, 0.4) is 0 Å². The lowest BCUT2D eigenvalue weighted by molar-refractivity contribution is -0.137. The van der Waals surface area contributed by atoms with Crippen molar-refractivity contribution in [1.82, 2.24) is 9.97 Å². The van der Waals surface area contributed by atoms with Crippen LogP contribution in [-0.2, 0) is 16.8 Å². The van der Waals surface area contributed by atoms with E-state index in [0.717, 1.165) is 29.8 Å². The summed E-state index contributed by atoms with van der Waals surface area (Å²) in [5.41, 5.74) is 0.551. The Morgan fingerprint density at radius 2 is 1.80 bits per heavy atom. The Bertz CT molecular complexity index is 1040. The van der Waals surface area contributed by atoms with Crippen LogP contribution in [-0.4, -0.2) is 22.2 Å². The van der Waals surface area contributed by atoms with Crippen LogP contribution < -0.4 is 0 Å². The maximum Gasteiger partial charge on any atom is 0.416 e. The van der Waals surface area contributed by atoms with E-state index in [1.54, 1.807) is 18.2 Å². The molecule has 0 aliphatic rings. The molecule has 0 aliphatic heterocycles. The van der Waals surface area contributed by atoms with E-state index in [9.17, 15) is 18.0 Å². The number of aromatic nitrogens is 2. The third-order valence-electron chi connectivity index (χ3n) is 3.70. The molecule has 2 aromatic carbocycles. The number of alkyl halides is 3. The van der Waals surface area contributed by atoms with Crippen LogP contribution >= 0.6 is 23.4 Å². The van der Waals surface area contributed by atoms with E-state index >= 15 is 0 Å². The summed E-state index contributed by atoms with van der Waals surface area (Å²) in [7, 11) is 0. The lowest BCUT2D eigenvalue weighted by atomic mass is 10.1. The van der Waals surface area contributed by atoms with Gasteiger partial charge in [-0.15, -0.1) is 0 Å². The summed E-state index contributed by atoms with van der Waals surface area (Å²) in [5, 5.41) is 4.71. The van der Waals surface area contributed by atoms with Crippen LogP contribution in [0, 0.1) is 0 Å². The van der Waals surface area contributed by atoms with E-state index < -0.39 is 17.7 Å².